The number of hydrogen-bond acceptors (Lipinski definition) is 7. The normalized spacial score (nSPS) is 11.5. The Morgan fingerprint density at radius 2 is 1.79 bits per heavy atom. The number of benzene rings is 2. The minimum atomic E-state index is -0.966. The summed E-state index contributed by atoms with van der Waals surface area (Å²) in [5.74, 6) is -1.67. The van der Waals surface area contributed by atoms with Crippen LogP contribution in [0.4, 0.5) is 5.69 Å². The molecule has 2 amide bonds. The summed E-state index contributed by atoms with van der Waals surface area (Å²) in [7, 11) is 0. The van der Waals surface area contributed by atoms with E-state index in [4.69, 9.17) is 14.2 Å². The van der Waals surface area contributed by atoms with Crippen molar-refractivity contribution in [3.05, 3.63) is 52.5 Å². The van der Waals surface area contributed by atoms with Crippen LogP contribution in [0.5, 0.6) is 11.5 Å². The smallest absolute Gasteiger partial charge is 0.344 e. The number of hydrogen-bond donors (Lipinski definition) is 2. The maximum Gasteiger partial charge on any atom is 0.344 e. The lowest BCUT2D eigenvalue weighted by Gasteiger charge is -2.12. The number of carbonyl (C=O) groups is 3. The van der Waals surface area contributed by atoms with E-state index in [2.05, 4.69) is 31.8 Å². The number of ether oxygens (including phenoxy) is 3. The average Bonchev–Trinajstić information content (AvgIpc) is 2.79. The van der Waals surface area contributed by atoms with E-state index in [0.29, 0.717) is 33.8 Å². The van der Waals surface area contributed by atoms with Crippen LogP contribution in [-0.2, 0) is 19.1 Å². The van der Waals surface area contributed by atoms with Gasteiger partial charge in [-0.2, -0.15) is 5.10 Å². The Balaban J connectivity index is 1.96. The van der Waals surface area contributed by atoms with E-state index in [-0.39, 0.29) is 13.2 Å². The quantitative estimate of drug-likeness (QED) is 0.203. The Kier molecular flexibility index (Phi) is 10.4. The minimum absolute atomic E-state index is 0.239. The molecule has 0 bridgehead atoms. The van der Waals surface area contributed by atoms with Gasteiger partial charge < -0.3 is 19.5 Å². The van der Waals surface area contributed by atoms with Crippen molar-refractivity contribution in [1.82, 2.24) is 5.43 Å². The summed E-state index contributed by atoms with van der Waals surface area (Å²) in [6.07, 6.45) is 1.41. The van der Waals surface area contributed by atoms with Gasteiger partial charge in [-0.05, 0) is 72.6 Å². The molecule has 1 atom stereocenters. The van der Waals surface area contributed by atoms with Gasteiger partial charge in [-0.1, -0.05) is 12.1 Å². The molecule has 0 aliphatic rings. The second-order valence-electron chi connectivity index (χ2n) is 6.66. The van der Waals surface area contributed by atoms with Gasteiger partial charge in [0, 0.05) is 4.47 Å². The molecule has 0 aliphatic heterocycles. The molecule has 9 nitrogen and oxygen atoms in total. The first-order valence-electron chi connectivity index (χ1n) is 10.3. The zero-order chi connectivity index (χ0) is 24.2. The summed E-state index contributed by atoms with van der Waals surface area (Å²) in [5, 5.41) is 6.61. The van der Waals surface area contributed by atoms with Crippen molar-refractivity contribution >= 4 is 45.6 Å². The van der Waals surface area contributed by atoms with Crippen molar-refractivity contribution in [2.24, 2.45) is 11.0 Å². The van der Waals surface area contributed by atoms with E-state index in [0.717, 1.165) is 0 Å². The Bertz CT molecular complexity index is 1010. The summed E-state index contributed by atoms with van der Waals surface area (Å²) in [6, 6.07) is 12.1. The highest BCUT2D eigenvalue weighted by Crippen LogP contribution is 2.28. The fourth-order valence-corrected chi connectivity index (χ4v) is 2.91. The number of halogens is 1. The Hall–Kier alpha value is -3.40. The highest BCUT2D eigenvalue weighted by Gasteiger charge is 2.21. The number of anilines is 1. The van der Waals surface area contributed by atoms with Crippen LogP contribution in [0.25, 0.3) is 0 Å². The van der Waals surface area contributed by atoms with Crippen LogP contribution in [0.1, 0.15) is 26.3 Å². The Labute approximate surface area is 200 Å². The van der Waals surface area contributed by atoms with Crippen LogP contribution in [0, 0.1) is 5.92 Å². The molecule has 0 saturated heterocycles. The number of nitrogens with one attached hydrogen (secondary N) is 2. The number of para-hydroxylation sites is 1. The third kappa shape index (κ3) is 8.23. The number of rotatable bonds is 11. The van der Waals surface area contributed by atoms with Crippen LogP contribution >= 0.6 is 15.9 Å². The maximum absolute atomic E-state index is 12.3. The highest BCUT2D eigenvalue weighted by molar-refractivity contribution is 9.10. The molecule has 2 aromatic carbocycles. The first-order valence-corrected chi connectivity index (χ1v) is 11.1. The zero-order valence-electron chi connectivity index (χ0n) is 18.6. The molecule has 0 fully saturated rings. The molecule has 0 aliphatic carbocycles. The molecule has 0 radical (unpaired) electrons. The molecule has 2 aromatic rings. The summed E-state index contributed by atoms with van der Waals surface area (Å²) in [5.41, 5.74) is 3.54. The van der Waals surface area contributed by atoms with E-state index >= 15 is 0 Å². The first-order chi connectivity index (χ1) is 15.8. The van der Waals surface area contributed by atoms with Crippen molar-refractivity contribution in [2.45, 2.75) is 20.8 Å². The first kappa shape index (κ1) is 25.9. The average molecular weight is 520 g/mol. The van der Waals surface area contributed by atoms with Crippen LogP contribution < -0.4 is 20.2 Å². The maximum atomic E-state index is 12.3. The second kappa shape index (κ2) is 13.2. The van der Waals surface area contributed by atoms with E-state index < -0.39 is 23.7 Å². The Morgan fingerprint density at radius 3 is 2.48 bits per heavy atom. The summed E-state index contributed by atoms with van der Waals surface area (Å²) in [4.78, 5) is 36.1. The van der Waals surface area contributed by atoms with E-state index in [1.54, 1.807) is 43.3 Å². The molecule has 176 valence electrons. The van der Waals surface area contributed by atoms with E-state index in [1.807, 2.05) is 13.0 Å². The molecule has 2 N–H and O–H groups in total. The number of amides is 2. The predicted molar refractivity (Wildman–Crippen MR) is 127 cm³/mol. The molecule has 0 heterocycles. The summed E-state index contributed by atoms with van der Waals surface area (Å²) < 4.78 is 16.6. The Morgan fingerprint density at radius 1 is 1.03 bits per heavy atom. The molecule has 0 aromatic heterocycles. The number of nitrogens with zero attached hydrogens (tertiary/aromatic N) is 1. The van der Waals surface area contributed by atoms with Crippen molar-refractivity contribution in [3.8, 4) is 11.5 Å². The van der Waals surface area contributed by atoms with Gasteiger partial charge in [0.1, 0.15) is 5.92 Å². The summed E-state index contributed by atoms with van der Waals surface area (Å²) >= 11 is 3.34. The summed E-state index contributed by atoms with van der Waals surface area (Å²) in [6.45, 7) is 5.43. The van der Waals surface area contributed by atoms with Gasteiger partial charge >= 0.3 is 5.97 Å². The predicted octanol–water partition coefficient (Wildman–Crippen LogP) is 3.51. The van der Waals surface area contributed by atoms with Gasteiger partial charge in [-0.15, -0.1) is 0 Å². The molecular weight excluding hydrogens is 494 g/mol. The molecular formula is C23H26BrN3O6. The highest BCUT2D eigenvalue weighted by atomic mass is 79.9. The van der Waals surface area contributed by atoms with Crippen LogP contribution in [0.2, 0.25) is 0 Å². The van der Waals surface area contributed by atoms with Crippen LogP contribution in [0.15, 0.2) is 52.0 Å². The minimum Gasteiger partial charge on any atom is -0.490 e. The molecule has 33 heavy (non-hydrogen) atoms. The van der Waals surface area contributed by atoms with Gasteiger partial charge in [-0.3, -0.25) is 9.59 Å². The fourth-order valence-electron chi connectivity index (χ4n) is 2.52. The SMILES string of the molecule is CCOC(=O)COc1ccc(C=NNC(=O)C(C)C(=O)Nc2ccccc2Br)cc1OCC. The third-order valence-electron chi connectivity index (χ3n) is 4.23. The topological polar surface area (TPSA) is 115 Å². The van der Waals surface area contributed by atoms with Gasteiger partial charge in [-0.25, -0.2) is 10.2 Å². The van der Waals surface area contributed by atoms with Gasteiger partial charge in [0.15, 0.2) is 18.1 Å². The monoisotopic (exact) mass is 519 g/mol. The third-order valence-corrected chi connectivity index (χ3v) is 4.92. The largest absolute Gasteiger partial charge is 0.490 e. The van der Waals surface area contributed by atoms with Crippen LogP contribution in [-0.4, -0.2) is 43.8 Å². The zero-order valence-corrected chi connectivity index (χ0v) is 20.2. The molecule has 0 saturated carbocycles. The van der Waals surface area contributed by atoms with Gasteiger partial charge in [0.2, 0.25) is 5.91 Å². The van der Waals surface area contributed by atoms with Crippen LogP contribution in [0.3, 0.4) is 0 Å². The van der Waals surface area contributed by atoms with Gasteiger partial charge in [0.05, 0.1) is 25.1 Å². The number of carbonyl (C=O) groups excluding carboxylic acids is 3. The standard InChI is InChI=1S/C23H26BrN3O6/c1-4-31-20-12-16(10-11-19(20)33-14-21(28)32-5-2)13-25-27-23(30)15(3)22(29)26-18-9-7-6-8-17(18)24/h6-13,15H,4-5,14H2,1-3H3,(H,26,29)(H,27,30). The second-order valence-corrected chi connectivity index (χ2v) is 7.51. The molecule has 0 spiro atoms. The van der Waals surface area contributed by atoms with E-state index in [1.165, 1.54) is 13.1 Å². The lowest BCUT2D eigenvalue weighted by Crippen LogP contribution is -2.34. The van der Waals surface area contributed by atoms with E-state index in [9.17, 15) is 14.4 Å². The van der Waals surface area contributed by atoms with Crippen molar-refractivity contribution in [2.75, 3.05) is 25.1 Å². The number of esters is 1. The van der Waals surface area contributed by atoms with Crippen molar-refractivity contribution < 1.29 is 28.6 Å². The van der Waals surface area contributed by atoms with Crippen molar-refractivity contribution in [3.63, 3.8) is 0 Å². The lowest BCUT2D eigenvalue weighted by molar-refractivity contribution is -0.145. The molecule has 10 heteroatoms. The fraction of sp³-hybridized carbons (Fsp3) is 0.304. The lowest BCUT2D eigenvalue weighted by atomic mass is 10.1. The van der Waals surface area contributed by atoms with Gasteiger partial charge in [0.25, 0.3) is 5.91 Å². The molecule has 2 rings (SSSR count). The van der Waals surface area contributed by atoms with Crippen molar-refractivity contribution in [1.29, 1.82) is 0 Å². The molecule has 1 unspecified atom stereocenters. The number of hydrazone groups is 1.